The molecule has 1 fully saturated rings. The minimum absolute atomic E-state index is 0.117. The number of esters is 1. The first-order valence-electron chi connectivity index (χ1n) is 12.3. The highest BCUT2D eigenvalue weighted by Gasteiger charge is 2.40. The quantitative estimate of drug-likeness (QED) is 0.511. The van der Waals surface area contributed by atoms with Crippen molar-refractivity contribution in [3.05, 3.63) is 70.5 Å². The van der Waals surface area contributed by atoms with Crippen LogP contribution in [0, 0.1) is 11.7 Å². The fourth-order valence-electron chi connectivity index (χ4n) is 5.83. The summed E-state index contributed by atoms with van der Waals surface area (Å²) >= 11 is 0. The Bertz CT molecular complexity index is 963. The molecular formula is C28H37FN2O2. The molecule has 0 spiro atoms. The molecule has 1 saturated carbocycles. The summed E-state index contributed by atoms with van der Waals surface area (Å²) in [7, 11) is 2.08. The lowest BCUT2D eigenvalue weighted by atomic mass is 9.84. The second kappa shape index (κ2) is 10.8. The van der Waals surface area contributed by atoms with Crippen molar-refractivity contribution in [2.24, 2.45) is 5.92 Å². The second-order valence-corrected chi connectivity index (χ2v) is 9.81. The van der Waals surface area contributed by atoms with Gasteiger partial charge in [-0.1, -0.05) is 37.3 Å². The van der Waals surface area contributed by atoms with Crippen molar-refractivity contribution in [1.82, 2.24) is 9.80 Å². The number of halogens is 1. The van der Waals surface area contributed by atoms with Crippen molar-refractivity contribution >= 4 is 5.97 Å². The maximum absolute atomic E-state index is 14.2. The number of fused-ring (bicyclic) bond motifs is 5. The van der Waals surface area contributed by atoms with Gasteiger partial charge in [0.15, 0.2) is 0 Å². The Labute approximate surface area is 197 Å². The van der Waals surface area contributed by atoms with Gasteiger partial charge >= 0.3 is 5.97 Å². The van der Waals surface area contributed by atoms with Gasteiger partial charge in [-0.3, -0.25) is 4.79 Å². The van der Waals surface area contributed by atoms with Gasteiger partial charge in [-0.25, -0.2) is 4.39 Å². The Kier molecular flexibility index (Phi) is 7.82. The van der Waals surface area contributed by atoms with Crippen molar-refractivity contribution in [3.8, 4) is 0 Å². The summed E-state index contributed by atoms with van der Waals surface area (Å²) in [4.78, 5) is 15.7. The van der Waals surface area contributed by atoms with E-state index in [1.807, 2.05) is 6.07 Å². The van der Waals surface area contributed by atoms with E-state index in [0.717, 1.165) is 52.0 Å². The number of likely N-dealkylation sites (N-methyl/N-ethyl adjacent to an activating group) is 2. The minimum atomic E-state index is -0.222. The number of hydrogen-bond acceptors (Lipinski definition) is 4. The van der Waals surface area contributed by atoms with Gasteiger partial charge in [0.05, 0.1) is 0 Å². The maximum Gasteiger partial charge on any atom is 0.302 e. The molecular weight excluding hydrogens is 415 g/mol. The summed E-state index contributed by atoms with van der Waals surface area (Å²) in [5, 5.41) is 0. The summed E-state index contributed by atoms with van der Waals surface area (Å²) in [6.45, 7) is 8.92. The monoisotopic (exact) mass is 452 g/mol. The first-order valence-corrected chi connectivity index (χ1v) is 12.3. The zero-order valence-corrected chi connectivity index (χ0v) is 20.2. The van der Waals surface area contributed by atoms with Gasteiger partial charge in [-0.2, -0.15) is 0 Å². The van der Waals surface area contributed by atoms with Gasteiger partial charge in [0, 0.05) is 33.1 Å². The van der Waals surface area contributed by atoms with E-state index in [0.29, 0.717) is 24.4 Å². The highest BCUT2D eigenvalue weighted by Crippen LogP contribution is 2.52. The highest BCUT2D eigenvalue weighted by molar-refractivity contribution is 5.65. The molecule has 0 aromatic heterocycles. The van der Waals surface area contributed by atoms with Crippen molar-refractivity contribution < 1.29 is 13.9 Å². The number of hydrogen-bond donors (Lipinski definition) is 0. The van der Waals surface area contributed by atoms with E-state index in [2.05, 4.69) is 48.0 Å². The van der Waals surface area contributed by atoms with E-state index in [1.54, 1.807) is 12.1 Å². The average molecular weight is 453 g/mol. The second-order valence-electron chi connectivity index (χ2n) is 9.81. The van der Waals surface area contributed by atoms with Crippen molar-refractivity contribution in [3.63, 3.8) is 0 Å². The van der Waals surface area contributed by atoms with E-state index in [4.69, 9.17) is 4.74 Å². The maximum atomic E-state index is 14.2. The van der Waals surface area contributed by atoms with Crippen LogP contribution in [0.3, 0.4) is 0 Å². The molecule has 4 nitrogen and oxygen atoms in total. The number of nitrogens with zero attached hydrogens (tertiary/aromatic N) is 2. The fraction of sp³-hybridized carbons (Fsp3) is 0.536. The average Bonchev–Trinajstić information content (AvgIpc) is 3.16. The molecule has 0 saturated heterocycles. The first kappa shape index (κ1) is 23.9. The lowest BCUT2D eigenvalue weighted by Gasteiger charge is -2.27. The van der Waals surface area contributed by atoms with Crippen LogP contribution in [0.4, 0.5) is 4.39 Å². The molecule has 2 aliphatic carbocycles. The molecule has 2 aliphatic rings. The van der Waals surface area contributed by atoms with E-state index in [1.165, 1.54) is 29.2 Å². The Balaban J connectivity index is 1.42. The third-order valence-corrected chi connectivity index (χ3v) is 7.54. The number of ether oxygens (including phenoxy) is 1. The Hall–Kier alpha value is -2.24. The predicted octanol–water partition coefficient (Wildman–Crippen LogP) is 4.82. The number of rotatable bonds is 9. The molecule has 0 N–H and O–H groups in total. The third kappa shape index (κ3) is 5.82. The lowest BCUT2D eigenvalue weighted by molar-refractivity contribution is -0.141. The highest BCUT2D eigenvalue weighted by atomic mass is 19.1. The topological polar surface area (TPSA) is 32.8 Å². The van der Waals surface area contributed by atoms with Gasteiger partial charge in [-0.15, -0.1) is 0 Å². The van der Waals surface area contributed by atoms with Gasteiger partial charge < -0.3 is 14.5 Å². The Morgan fingerprint density at radius 3 is 2.52 bits per heavy atom. The van der Waals surface area contributed by atoms with Gasteiger partial charge in [0.25, 0.3) is 0 Å². The van der Waals surface area contributed by atoms with Gasteiger partial charge in [0.1, 0.15) is 12.4 Å². The molecule has 4 rings (SSSR count). The molecule has 0 bridgehead atoms. The summed E-state index contributed by atoms with van der Waals surface area (Å²) in [5.74, 6) is 1.14. The van der Waals surface area contributed by atoms with E-state index in [-0.39, 0.29) is 11.8 Å². The molecule has 0 radical (unpaired) electrons. The number of carbonyl (C=O) groups is 1. The van der Waals surface area contributed by atoms with Crippen molar-refractivity contribution in [2.45, 2.75) is 44.9 Å². The molecule has 3 unspecified atom stereocenters. The van der Waals surface area contributed by atoms with E-state index in [9.17, 15) is 9.18 Å². The van der Waals surface area contributed by atoms with E-state index >= 15 is 0 Å². The molecule has 178 valence electrons. The van der Waals surface area contributed by atoms with Crippen LogP contribution >= 0.6 is 0 Å². The van der Waals surface area contributed by atoms with Crippen LogP contribution in [0.5, 0.6) is 0 Å². The van der Waals surface area contributed by atoms with Crippen LogP contribution < -0.4 is 0 Å². The zero-order chi connectivity index (χ0) is 23.4. The Morgan fingerprint density at radius 2 is 1.76 bits per heavy atom. The SMILES string of the molecule is CCN(CCN(C)CCOC(C)=O)CC1CC2c3ccccc3Cc3ccc(F)cc3C2C1. The number of carbonyl (C=O) groups excluding carboxylic acids is 1. The molecule has 2 aromatic carbocycles. The minimum Gasteiger partial charge on any atom is -0.465 e. The molecule has 0 heterocycles. The molecule has 5 heteroatoms. The molecule has 0 aliphatic heterocycles. The smallest absolute Gasteiger partial charge is 0.302 e. The predicted molar refractivity (Wildman–Crippen MR) is 130 cm³/mol. The number of benzene rings is 2. The standard InChI is InChI=1S/C28H37FN2O2/c1-4-31(12-11-30(3)13-14-33-20(2)32)19-21-15-27-25-8-6-5-7-22(25)17-23-9-10-24(29)18-26(23)28(27)16-21/h5-10,18,21,27-28H,4,11-17,19H2,1-3H3. The summed E-state index contributed by atoms with van der Waals surface area (Å²) in [5.41, 5.74) is 5.39. The van der Waals surface area contributed by atoms with Crippen molar-refractivity contribution in [1.29, 1.82) is 0 Å². The van der Waals surface area contributed by atoms with Gasteiger partial charge in [0.2, 0.25) is 0 Å². The van der Waals surface area contributed by atoms with Crippen LogP contribution in [0.25, 0.3) is 0 Å². The zero-order valence-electron chi connectivity index (χ0n) is 20.2. The largest absolute Gasteiger partial charge is 0.465 e. The fourth-order valence-corrected chi connectivity index (χ4v) is 5.83. The van der Waals surface area contributed by atoms with E-state index < -0.39 is 0 Å². The van der Waals surface area contributed by atoms with Crippen LogP contribution in [-0.4, -0.2) is 62.1 Å². The normalized spacial score (nSPS) is 21.5. The molecule has 0 amide bonds. The molecule has 3 atom stereocenters. The van der Waals surface area contributed by atoms with Crippen LogP contribution in [0.15, 0.2) is 42.5 Å². The molecule has 2 aromatic rings. The molecule has 33 heavy (non-hydrogen) atoms. The van der Waals surface area contributed by atoms with Crippen molar-refractivity contribution in [2.75, 3.05) is 46.4 Å². The summed E-state index contributed by atoms with van der Waals surface area (Å²) in [6.07, 6.45) is 3.19. The van der Waals surface area contributed by atoms with Gasteiger partial charge in [-0.05, 0) is 85.0 Å². The Morgan fingerprint density at radius 1 is 1.03 bits per heavy atom. The van der Waals surface area contributed by atoms with Crippen LogP contribution in [0.2, 0.25) is 0 Å². The summed E-state index contributed by atoms with van der Waals surface area (Å²) < 4.78 is 19.3. The third-order valence-electron chi connectivity index (χ3n) is 7.54. The lowest BCUT2D eigenvalue weighted by Crippen LogP contribution is -2.37. The first-order chi connectivity index (χ1) is 15.9. The van der Waals surface area contributed by atoms with Crippen LogP contribution in [-0.2, 0) is 16.0 Å². The van der Waals surface area contributed by atoms with Crippen LogP contribution in [0.1, 0.15) is 60.8 Å². The summed E-state index contributed by atoms with van der Waals surface area (Å²) in [6, 6.07) is 14.3.